The van der Waals surface area contributed by atoms with E-state index in [0.29, 0.717) is 5.54 Å². The molecule has 0 radical (unpaired) electrons. The van der Waals surface area contributed by atoms with Crippen LogP contribution in [0.4, 0.5) is 5.69 Å². The lowest BCUT2D eigenvalue weighted by Crippen LogP contribution is -2.61. The minimum absolute atomic E-state index is 0.404. The number of nitrogens with zero attached hydrogens (tertiary/aromatic N) is 1. The molecule has 3 rings (SSSR count). The highest BCUT2D eigenvalue weighted by Crippen LogP contribution is 2.32. The van der Waals surface area contributed by atoms with Gasteiger partial charge in [-0.1, -0.05) is 37.0 Å². The molecule has 2 aliphatic rings. The van der Waals surface area contributed by atoms with Crippen molar-refractivity contribution in [1.82, 2.24) is 5.32 Å². The van der Waals surface area contributed by atoms with E-state index in [1.165, 1.54) is 49.9 Å². The van der Waals surface area contributed by atoms with Crippen molar-refractivity contribution >= 4 is 5.69 Å². The lowest BCUT2D eigenvalue weighted by molar-refractivity contribution is 0.216. The first kappa shape index (κ1) is 12.0. The van der Waals surface area contributed by atoms with Crippen molar-refractivity contribution in [2.75, 3.05) is 24.5 Å². The largest absolute Gasteiger partial charge is 0.368 e. The van der Waals surface area contributed by atoms with E-state index in [0.717, 1.165) is 13.1 Å². The lowest BCUT2D eigenvalue weighted by atomic mass is 9.80. The molecule has 1 aromatic rings. The Bertz CT molecular complexity index is 385. The average Bonchev–Trinajstić information content (AvgIpc) is 2.40. The van der Waals surface area contributed by atoms with Crippen LogP contribution in [0.1, 0.15) is 37.7 Å². The van der Waals surface area contributed by atoms with E-state index in [1.54, 1.807) is 0 Å². The molecule has 0 atom stereocenters. The summed E-state index contributed by atoms with van der Waals surface area (Å²) in [4.78, 5) is 2.57. The second-order valence-corrected chi connectivity index (χ2v) is 6.02. The highest BCUT2D eigenvalue weighted by atomic mass is 15.2. The number of hydrogen-bond donors (Lipinski definition) is 1. The third kappa shape index (κ3) is 2.39. The Kier molecular flexibility index (Phi) is 3.29. The van der Waals surface area contributed by atoms with Gasteiger partial charge in [0.25, 0.3) is 0 Å². The number of anilines is 1. The van der Waals surface area contributed by atoms with E-state index in [2.05, 4.69) is 41.4 Å². The molecule has 18 heavy (non-hydrogen) atoms. The van der Waals surface area contributed by atoms with Crippen molar-refractivity contribution in [2.24, 2.45) is 0 Å². The Labute approximate surface area is 110 Å². The summed E-state index contributed by atoms with van der Waals surface area (Å²) >= 11 is 0. The van der Waals surface area contributed by atoms with Crippen LogP contribution in [0.3, 0.4) is 0 Å². The molecule has 0 bridgehead atoms. The van der Waals surface area contributed by atoms with Crippen LogP contribution >= 0.6 is 0 Å². The SMILES string of the molecule is Cc1ccc(N2CCNC3(CCCCC3)C2)cc1. The third-order valence-electron chi connectivity index (χ3n) is 4.59. The van der Waals surface area contributed by atoms with Gasteiger partial charge in [-0.2, -0.15) is 0 Å². The standard InChI is InChI=1S/C16H24N2/c1-14-5-7-15(8-6-14)18-12-11-17-16(13-18)9-3-2-4-10-16/h5-8,17H,2-4,9-13H2,1H3. The normalized spacial score (nSPS) is 23.3. The van der Waals surface area contributed by atoms with Gasteiger partial charge in [-0.05, 0) is 31.9 Å². The van der Waals surface area contributed by atoms with E-state index < -0.39 is 0 Å². The van der Waals surface area contributed by atoms with E-state index in [-0.39, 0.29) is 0 Å². The zero-order valence-electron chi connectivity index (χ0n) is 11.4. The highest BCUT2D eigenvalue weighted by molar-refractivity contribution is 5.48. The third-order valence-corrected chi connectivity index (χ3v) is 4.59. The maximum absolute atomic E-state index is 3.80. The molecule has 2 heteroatoms. The summed E-state index contributed by atoms with van der Waals surface area (Å²) < 4.78 is 0. The van der Waals surface area contributed by atoms with Crippen molar-refractivity contribution in [3.8, 4) is 0 Å². The summed E-state index contributed by atoms with van der Waals surface area (Å²) in [5.41, 5.74) is 3.15. The molecule has 1 aliphatic carbocycles. The van der Waals surface area contributed by atoms with Crippen molar-refractivity contribution in [2.45, 2.75) is 44.6 Å². The van der Waals surface area contributed by atoms with E-state index in [9.17, 15) is 0 Å². The maximum Gasteiger partial charge on any atom is 0.0367 e. The van der Waals surface area contributed by atoms with Crippen LogP contribution in [0.25, 0.3) is 0 Å². The summed E-state index contributed by atoms with van der Waals surface area (Å²) in [7, 11) is 0. The monoisotopic (exact) mass is 244 g/mol. The molecular formula is C16H24N2. The van der Waals surface area contributed by atoms with Gasteiger partial charge in [0.2, 0.25) is 0 Å². The van der Waals surface area contributed by atoms with Gasteiger partial charge in [-0.3, -0.25) is 0 Å². The molecule has 2 nitrogen and oxygen atoms in total. The van der Waals surface area contributed by atoms with Crippen molar-refractivity contribution in [3.63, 3.8) is 0 Å². The predicted molar refractivity (Wildman–Crippen MR) is 77.2 cm³/mol. The van der Waals surface area contributed by atoms with Gasteiger partial charge < -0.3 is 10.2 Å². The first-order valence-electron chi connectivity index (χ1n) is 7.34. The van der Waals surface area contributed by atoms with Gasteiger partial charge in [-0.25, -0.2) is 0 Å². The molecule has 1 aromatic carbocycles. The molecule has 1 spiro atoms. The molecule has 1 saturated carbocycles. The van der Waals surface area contributed by atoms with Crippen LogP contribution in [0.5, 0.6) is 0 Å². The summed E-state index contributed by atoms with van der Waals surface area (Å²) in [6, 6.07) is 9.00. The molecule has 1 saturated heterocycles. The van der Waals surface area contributed by atoms with Crippen LogP contribution < -0.4 is 10.2 Å². The van der Waals surface area contributed by atoms with Crippen molar-refractivity contribution in [1.29, 1.82) is 0 Å². The van der Waals surface area contributed by atoms with Gasteiger partial charge in [0.1, 0.15) is 0 Å². The van der Waals surface area contributed by atoms with Crippen molar-refractivity contribution < 1.29 is 0 Å². The highest BCUT2D eigenvalue weighted by Gasteiger charge is 2.36. The minimum Gasteiger partial charge on any atom is -0.368 e. The predicted octanol–water partition coefficient (Wildman–Crippen LogP) is 3.11. The molecule has 0 unspecified atom stereocenters. The number of nitrogens with one attached hydrogen (secondary N) is 1. The van der Waals surface area contributed by atoms with Gasteiger partial charge >= 0.3 is 0 Å². The molecule has 1 heterocycles. The van der Waals surface area contributed by atoms with E-state index in [4.69, 9.17) is 0 Å². The molecule has 1 N–H and O–H groups in total. The number of benzene rings is 1. The summed E-state index contributed by atoms with van der Waals surface area (Å²) in [6.45, 7) is 5.62. The lowest BCUT2D eigenvalue weighted by Gasteiger charge is -2.47. The number of rotatable bonds is 1. The molecule has 0 amide bonds. The zero-order valence-corrected chi connectivity index (χ0v) is 11.4. The van der Waals surface area contributed by atoms with Gasteiger partial charge in [-0.15, -0.1) is 0 Å². The van der Waals surface area contributed by atoms with Crippen LogP contribution in [0.2, 0.25) is 0 Å². The quantitative estimate of drug-likeness (QED) is 0.816. The van der Waals surface area contributed by atoms with Crippen LogP contribution in [0.15, 0.2) is 24.3 Å². The Hall–Kier alpha value is -1.02. The topological polar surface area (TPSA) is 15.3 Å². The fourth-order valence-electron chi connectivity index (χ4n) is 3.50. The second kappa shape index (κ2) is 4.93. The first-order chi connectivity index (χ1) is 8.77. The number of hydrogen-bond acceptors (Lipinski definition) is 2. The summed E-state index contributed by atoms with van der Waals surface area (Å²) in [6.07, 6.45) is 6.93. The molecular weight excluding hydrogens is 220 g/mol. The van der Waals surface area contributed by atoms with E-state index in [1.807, 2.05) is 0 Å². The van der Waals surface area contributed by atoms with Crippen molar-refractivity contribution in [3.05, 3.63) is 29.8 Å². The molecule has 0 aromatic heterocycles. The molecule has 2 fully saturated rings. The fraction of sp³-hybridized carbons (Fsp3) is 0.625. The minimum atomic E-state index is 0.404. The summed E-state index contributed by atoms with van der Waals surface area (Å²) in [5, 5.41) is 3.80. The fourth-order valence-corrected chi connectivity index (χ4v) is 3.50. The average molecular weight is 244 g/mol. The number of piperazine rings is 1. The Balaban J connectivity index is 1.75. The molecule has 98 valence electrons. The second-order valence-electron chi connectivity index (χ2n) is 6.02. The van der Waals surface area contributed by atoms with E-state index >= 15 is 0 Å². The van der Waals surface area contributed by atoms with Crippen LogP contribution in [-0.2, 0) is 0 Å². The van der Waals surface area contributed by atoms with Gasteiger partial charge in [0.15, 0.2) is 0 Å². The van der Waals surface area contributed by atoms with Crippen LogP contribution in [-0.4, -0.2) is 25.2 Å². The Morgan fingerprint density at radius 2 is 1.78 bits per heavy atom. The Morgan fingerprint density at radius 3 is 2.50 bits per heavy atom. The van der Waals surface area contributed by atoms with Gasteiger partial charge in [0, 0.05) is 30.9 Å². The number of aryl methyl sites for hydroxylation is 1. The Morgan fingerprint density at radius 1 is 1.06 bits per heavy atom. The maximum atomic E-state index is 3.80. The zero-order chi connectivity index (χ0) is 12.4. The molecule has 1 aliphatic heterocycles. The first-order valence-corrected chi connectivity index (χ1v) is 7.34. The summed E-state index contributed by atoms with van der Waals surface area (Å²) in [5.74, 6) is 0. The van der Waals surface area contributed by atoms with Crippen LogP contribution in [0, 0.1) is 6.92 Å². The van der Waals surface area contributed by atoms with Gasteiger partial charge in [0.05, 0.1) is 0 Å². The smallest absolute Gasteiger partial charge is 0.0367 e.